The summed E-state index contributed by atoms with van der Waals surface area (Å²) in [5, 5.41) is 5.55. The summed E-state index contributed by atoms with van der Waals surface area (Å²) in [5.41, 5.74) is 8.27. The number of carbonyl (C=O) groups excluding carboxylic acids is 1. The number of aryl methyl sites for hydroxylation is 2. The normalized spacial score (nSPS) is 13.8. The van der Waals surface area contributed by atoms with Crippen molar-refractivity contribution in [2.45, 2.75) is 46.0 Å². The molecule has 0 fully saturated rings. The van der Waals surface area contributed by atoms with Gasteiger partial charge in [-0.15, -0.1) is 11.3 Å². The highest BCUT2D eigenvalue weighted by Crippen LogP contribution is 2.44. The molecule has 0 bridgehead atoms. The van der Waals surface area contributed by atoms with Gasteiger partial charge in [-0.3, -0.25) is 0 Å². The number of thiophene rings is 1. The van der Waals surface area contributed by atoms with Crippen LogP contribution in [0, 0.1) is 6.92 Å². The maximum Gasteiger partial charge on any atom is 0.348 e. The van der Waals surface area contributed by atoms with Crippen molar-refractivity contribution >= 4 is 33.2 Å². The molecule has 4 aromatic rings. The second-order valence-electron chi connectivity index (χ2n) is 7.70. The Morgan fingerprint density at radius 2 is 2.11 bits per heavy atom. The van der Waals surface area contributed by atoms with E-state index in [1.807, 2.05) is 11.4 Å². The molecule has 0 radical (unpaired) electrons. The van der Waals surface area contributed by atoms with Gasteiger partial charge in [0.15, 0.2) is 5.65 Å². The molecule has 5 rings (SSSR count). The van der Waals surface area contributed by atoms with Gasteiger partial charge in [0.25, 0.3) is 0 Å². The van der Waals surface area contributed by atoms with Gasteiger partial charge in [-0.1, -0.05) is 13.8 Å². The Morgan fingerprint density at radius 1 is 1.32 bits per heavy atom. The zero-order valence-corrected chi connectivity index (χ0v) is 17.2. The number of H-pyrrole nitrogens is 1. The molecule has 1 aliphatic rings. The monoisotopic (exact) mass is 394 g/mol. The Hall–Kier alpha value is -2.67. The van der Waals surface area contributed by atoms with E-state index in [1.165, 1.54) is 40.7 Å². The predicted octanol–water partition coefficient (Wildman–Crippen LogP) is 4.65. The van der Waals surface area contributed by atoms with Crippen molar-refractivity contribution in [3.63, 3.8) is 0 Å². The zero-order valence-electron chi connectivity index (χ0n) is 16.4. The van der Waals surface area contributed by atoms with E-state index in [4.69, 9.17) is 4.74 Å². The second-order valence-corrected chi connectivity index (χ2v) is 8.72. The number of fused-ring (bicyclic) bond motifs is 4. The third-order valence-electron chi connectivity index (χ3n) is 5.78. The first-order chi connectivity index (χ1) is 13.5. The molecule has 7 heteroatoms. The minimum atomic E-state index is -0.270. The number of nitrogens with one attached hydrogen (secondary N) is 1. The van der Waals surface area contributed by atoms with E-state index in [-0.39, 0.29) is 5.97 Å². The molecule has 0 saturated carbocycles. The maximum absolute atomic E-state index is 12.2. The summed E-state index contributed by atoms with van der Waals surface area (Å²) in [4.78, 5) is 22.0. The molecule has 6 nitrogen and oxygen atoms in total. The summed E-state index contributed by atoms with van der Waals surface area (Å²) in [6.07, 6.45) is 6.98. The first-order valence-electron chi connectivity index (χ1n) is 9.59. The zero-order chi connectivity index (χ0) is 19.6. The molecule has 0 spiro atoms. The van der Waals surface area contributed by atoms with Gasteiger partial charge in [-0.05, 0) is 48.8 Å². The minimum absolute atomic E-state index is 0.270. The van der Waals surface area contributed by atoms with Crippen molar-refractivity contribution in [2.24, 2.45) is 0 Å². The van der Waals surface area contributed by atoms with Crippen LogP contribution in [-0.4, -0.2) is 32.7 Å². The van der Waals surface area contributed by atoms with Crippen LogP contribution in [0.1, 0.15) is 58.1 Å². The number of esters is 1. The van der Waals surface area contributed by atoms with Gasteiger partial charge >= 0.3 is 5.97 Å². The maximum atomic E-state index is 12.2. The van der Waals surface area contributed by atoms with Gasteiger partial charge in [-0.25, -0.2) is 14.3 Å². The van der Waals surface area contributed by atoms with Crippen molar-refractivity contribution in [1.82, 2.24) is 19.6 Å². The number of ether oxygens (including phenoxy) is 1. The van der Waals surface area contributed by atoms with Gasteiger partial charge in [0.2, 0.25) is 0 Å². The molecule has 144 valence electrons. The van der Waals surface area contributed by atoms with Crippen LogP contribution in [0.3, 0.4) is 0 Å². The summed E-state index contributed by atoms with van der Waals surface area (Å²) in [6.45, 7) is 6.42. The number of nitrogens with zero attached hydrogens (tertiary/aromatic N) is 3. The fourth-order valence-corrected chi connectivity index (χ4v) is 5.72. The number of hydrogen-bond acceptors (Lipinski definition) is 5. The topological polar surface area (TPSA) is 72.3 Å². The second kappa shape index (κ2) is 6.17. The summed E-state index contributed by atoms with van der Waals surface area (Å²) >= 11 is 1.48. The van der Waals surface area contributed by atoms with Crippen LogP contribution in [0.15, 0.2) is 12.5 Å². The summed E-state index contributed by atoms with van der Waals surface area (Å²) < 4.78 is 6.86. The van der Waals surface area contributed by atoms with E-state index in [0.717, 1.165) is 46.4 Å². The summed E-state index contributed by atoms with van der Waals surface area (Å²) in [5.74, 6) is 0.0410. The van der Waals surface area contributed by atoms with Crippen LogP contribution < -0.4 is 0 Å². The molecule has 0 atom stereocenters. The minimum Gasteiger partial charge on any atom is -0.465 e. The SMILES string of the molecule is COC(=O)c1sc2[nH]c(-c3cn4ncnc4c4c3CCC4)c(C(C)C)c2c1C. The van der Waals surface area contributed by atoms with Crippen LogP contribution in [-0.2, 0) is 17.6 Å². The predicted molar refractivity (Wildman–Crippen MR) is 110 cm³/mol. The lowest BCUT2D eigenvalue weighted by Gasteiger charge is -2.13. The van der Waals surface area contributed by atoms with Crippen LogP contribution in [0.4, 0.5) is 0 Å². The van der Waals surface area contributed by atoms with Crippen molar-refractivity contribution in [2.75, 3.05) is 7.11 Å². The molecule has 28 heavy (non-hydrogen) atoms. The Morgan fingerprint density at radius 3 is 2.86 bits per heavy atom. The Kier molecular flexibility index (Phi) is 3.84. The van der Waals surface area contributed by atoms with Crippen molar-refractivity contribution < 1.29 is 9.53 Å². The van der Waals surface area contributed by atoms with E-state index in [1.54, 1.807) is 6.33 Å². The van der Waals surface area contributed by atoms with Crippen molar-refractivity contribution in [1.29, 1.82) is 0 Å². The summed E-state index contributed by atoms with van der Waals surface area (Å²) in [6, 6.07) is 0. The van der Waals surface area contributed by atoms with Gasteiger partial charge in [-0.2, -0.15) is 5.10 Å². The number of hydrogen-bond donors (Lipinski definition) is 1. The lowest BCUT2D eigenvalue weighted by atomic mass is 9.93. The number of pyridine rings is 1. The molecule has 0 amide bonds. The third-order valence-corrected chi connectivity index (χ3v) is 6.97. The fourth-order valence-electron chi connectivity index (χ4n) is 4.57. The highest BCUT2D eigenvalue weighted by Gasteiger charge is 2.28. The molecule has 0 saturated heterocycles. The van der Waals surface area contributed by atoms with E-state index in [9.17, 15) is 4.79 Å². The molecule has 4 aromatic heterocycles. The molecule has 0 aliphatic heterocycles. The number of aromatic amines is 1. The highest BCUT2D eigenvalue weighted by atomic mass is 32.1. The van der Waals surface area contributed by atoms with E-state index in [0.29, 0.717) is 10.8 Å². The average Bonchev–Trinajstić information content (AvgIpc) is 3.43. The molecular formula is C21H22N4O2S. The van der Waals surface area contributed by atoms with Crippen LogP contribution >= 0.6 is 11.3 Å². The van der Waals surface area contributed by atoms with Crippen molar-refractivity contribution in [3.8, 4) is 11.3 Å². The Labute approximate surface area is 166 Å². The first kappa shape index (κ1) is 17.4. The summed E-state index contributed by atoms with van der Waals surface area (Å²) in [7, 11) is 1.43. The Bertz CT molecular complexity index is 1240. The lowest BCUT2D eigenvalue weighted by Crippen LogP contribution is -2.02. The quantitative estimate of drug-likeness (QED) is 0.514. The van der Waals surface area contributed by atoms with Crippen molar-refractivity contribution in [3.05, 3.63) is 39.7 Å². The van der Waals surface area contributed by atoms with Gasteiger partial charge in [0.05, 0.1) is 12.8 Å². The number of rotatable bonds is 3. The molecule has 4 heterocycles. The first-order valence-corrected chi connectivity index (χ1v) is 10.4. The molecule has 0 unspecified atom stereocenters. The lowest BCUT2D eigenvalue weighted by molar-refractivity contribution is 0.0605. The standard InChI is InChI=1S/C21H22N4O2S/c1-10(2)15-16-11(3)18(21(26)27-4)28-20(16)24-17(15)14-8-25-19(22-9-23-25)13-7-5-6-12(13)14/h8-10,24H,5-7H2,1-4H3. The Balaban J connectivity index is 1.82. The average molecular weight is 395 g/mol. The molecular weight excluding hydrogens is 372 g/mol. The van der Waals surface area contributed by atoms with Crippen LogP contribution in [0.5, 0.6) is 0 Å². The van der Waals surface area contributed by atoms with E-state index < -0.39 is 0 Å². The van der Waals surface area contributed by atoms with E-state index in [2.05, 4.69) is 35.1 Å². The molecule has 1 N–H and O–H groups in total. The van der Waals surface area contributed by atoms with E-state index >= 15 is 0 Å². The largest absolute Gasteiger partial charge is 0.465 e. The van der Waals surface area contributed by atoms with Gasteiger partial charge < -0.3 is 9.72 Å². The number of carbonyl (C=O) groups is 1. The van der Waals surface area contributed by atoms with Crippen LogP contribution in [0.2, 0.25) is 0 Å². The number of aromatic nitrogens is 4. The van der Waals surface area contributed by atoms with Crippen LogP contribution in [0.25, 0.3) is 27.1 Å². The molecule has 1 aliphatic carbocycles. The number of methoxy groups -OCH3 is 1. The highest BCUT2D eigenvalue weighted by molar-refractivity contribution is 7.20. The third kappa shape index (κ3) is 2.29. The fraction of sp³-hybridized carbons (Fsp3) is 0.381. The smallest absolute Gasteiger partial charge is 0.348 e. The van der Waals surface area contributed by atoms with Gasteiger partial charge in [0.1, 0.15) is 16.0 Å². The molecule has 0 aromatic carbocycles. The van der Waals surface area contributed by atoms with Gasteiger partial charge in [0, 0.05) is 22.7 Å².